The van der Waals surface area contributed by atoms with Crippen molar-refractivity contribution >= 4 is 6.47 Å². The van der Waals surface area contributed by atoms with E-state index >= 15 is 0 Å². The maximum absolute atomic E-state index is 10.1. The molecule has 0 unspecified atom stereocenters. The minimum absolute atomic E-state index is 0.381. The Balaban J connectivity index is 3.34. The molecule has 78 valence electrons. The Hall–Kier alpha value is -0.570. The summed E-state index contributed by atoms with van der Waals surface area (Å²) in [5.41, 5.74) is -0.381. The van der Waals surface area contributed by atoms with Crippen LogP contribution in [0.5, 0.6) is 0 Å². The largest absolute Gasteiger partial charge is 0.461 e. The van der Waals surface area contributed by atoms with E-state index in [9.17, 15) is 4.79 Å². The van der Waals surface area contributed by atoms with Crippen LogP contribution in [0.3, 0.4) is 0 Å². The second-order valence-corrected chi connectivity index (χ2v) is 3.86. The van der Waals surface area contributed by atoms with Crippen LogP contribution < -0.4 is 5.32 Å². The summed E-state index contributed by atoms with van der Waals surface area (Å²) in [6, 6.07) is 0. The van der Waals surface area contributed by atoms with Crippen molar-refractivity contribution in [3.05, 3.63) is 0 Å². The topological polar surface area (TPSA) is 38.3 Å². The predicted molar refractivity (Wildman–Crippen MR) is 53.6 cm³/mol. The minimum atomic E-state index is -0.381. The molecule has 0 saturated carbocycles. The standard InChI is InChI=1S/C10H21NO2/c1-4-5-6-7-11-8-10(2,3)13-9-12/h9,11H,4-8H2,1-3H3. The van der Waals surface area contributed by atoms with E-state index in [2.05, 4.69) is 12.2 Å². The summed E-state index contributed by atoms with van der Waals surface area (Å²) in [6.07, 6.45) is 3.67. The van der Waals surface area contributed by atoms with Gasteiger partial charge in [-0.15, -0.1) is 0 Å². The van der Waals surface area contributed by atoms with Crippen molar-refractivity contribution in [2.45, 2.75) is 45.6 Å². The van der Waals surface area contributed by atoms with Gasteiger partial charge in [0.1, 0.15) is 5.60 Å². The Morgan fingerprint density at radius 1 is 1.38 bits per heavy atom. The smallest absolute Gasteiger partial charge is 0.293 e. The third kappa shape index (κ3) is 7.78. The van der Waals surface area contributed by atoms with Crippen LogP contribution in [0.25, 0.3) is 0 Å². The van der Waals surface area contributed by atoms with Crippen LogP contribution >= 0.6 is 0 Å². The Kier molecular flexibility index (Phi) is 6.59. The lowest BCUT2D eigenvalue weighted by molar-refractivity contribution is -0.139. The molecule has 0 rings (SSSR count). The molecule has 0 aromatic heterocycles. The molecule has 0 atom stereocenters. The van der Waals surface area contributed by atoms with Crippen molar-refractivity contribution in [2.24, 2.45) is 0 Å². The van der Waals surface area contributed by atoms with Gasteiger partial charge < -0.3 is 10.1 Å². The molecule has 0 spiro atoms. The lowest BCUT2D eigenvalue weighted by Crippen LogP contribution is -2.37. The van der Waals surface area contributed by atoms with Crippen molar-refractivity contribution in [3.8, 4) is 0 Å². The molecule has 0 amide bonds. The van der Waals surface area contributed by atoms with E-state index < -0.39 is 0 Å². The van der Waals surface area contributed by atoms with E-state index in [1.54, 1.807) is 0 Å². The van der Waals surface area contributed by atoms with Crippen LogP contribution in [-0.4, -0.2) is 25.2 Å². The second-order valence-electron chi connectivity index (χ2n) is 3.86. The molecular formula is C10H21NO2. The fourth-order valence-corrected chi connectivity index (χ4v) is 1.06. The van der Waals surface area contributed by atoms with E-state index in [1.165, 1.54) is 19.3 Å². The number of nitrogens with one attached hydrogen (secondary N) is 1. The van der Waals surface area contributed by atoms with Gasteiger partial charge in [-0.25, -0.2) is 0 Å². The van der Waals surface area contributed by atoms with Gasteiger partial charge in [0, 0.05) is 6.54 Å². The molecule has 3 nitrogen and oxygen atoms in total. The van der Waals surface area contributed by atoms with E-state index in [1.807, 2.05) is 13.8 Å². The predicted octanol–water partition coefficient (Wildman–Crippen LogP) is 1.72. The molecule has 13 heavy (non-hydrogen) atoms. The number of hydrogen-bond acceptors (Lipinski definition) is 3. The number of ether oxygens (including phenoxy) is 1. The fourth-order valence-electron chi connectivity index (χ4n) is 1.06. The third-order valence-corrected chi connectivity index (χ3v) is 1.87. The first-order chi connectivity index (χ1) is 6.12. The maximum Gasteiger partial charge on any atom is 0.293 e. The number of unbranched alkanes of at least 4 members (excludes halogenated alkanes) is 2. The van der Waals surface area contributed by atoms with Crippen LogP contribution in [-0.2, 0) is 9.53 Å². The van der Waals surface area contributed by atoms with Gasteiger partial charge >= 0.3 is 0 Å². The van der Waals surface area contributed by atoms with Crippen molar-refractivity contribution in [1.82, 2.24) is 5.32 Å². The summed E-state index contributed by atoms with van der Waals surface area (Å²) in [7, 11) is 0. The van der Waals surface area contributed by atoms with Gasteiger partial charge in [0.25, 0.3) is 6.47 Å². The summed E-state index contributed by atoms with van der Waals surface area (Å²) in [5, 5.41) is 3.26. The molecule has 0 aromatic rings. The fraction of sp³-hybridized carbons (Fsp3) is 0.900. The Labute approximate surface area is 80.8 Å². The lowest BCUT2D eigenvalue weighted by atomic mass is 10.1. The molecule has 0 aliphatic carbocycles. The van der Waals surface area contributed by atoms with E-state index in [0.717, 1.165) is 13.1 Å². The van der Waals surface area contributed by atoms with Crippen LogP contribution in [0.15, 0.2) is 0 Å². The molecule has 3 heteroatoms. The molecule has 0 aliphatic rings. The van der Waals surface area contributed by atoms with Gasteiger partial charge in [0.15, 0.2) is 0 Å². The normalized spacial score (nSPS) is 11.3. The van der Waals surface area contributed by atoms with E-state index in [0.29, 0.717) is 6.47 Å². The van der Waals surface area contributed by atoms with Gasteiger partial charge in [-0.2, -0.15) is 0 Å². The SMILES string of the molecule is CCCCCNCC(C)(C)OC=O. The van der Waals surface area contributed by atoms with Gasteiger partial charge in [0.05, 0.1) is 0 Å². The third-order valence-electron chi connectivity index (χ3n) is 1.87. The Morgan fingerprint density at radius 2 is 2.08 bits per heavy atom. The minimum Gasteiger partial charge on any atom is -0.461 e. The summed E-state index contributed by atoms with van der Waals surface area (Å²) in [4.78, 5) is 10.1. The number of rotatable bonds is 8. The zero-order valence-electron chi connectivity index (χ0n) is 8.93. The average Bonchev–Trinajstić information content (AvgIpc) is 2.04. The molecule has 0 aliphatic heterocycles. The zero-order chi connectivity index (χ0) is 10.2. The van der Waals surface area contributed by atoms with E-state index in [4.69, 9.17) is 4.74 Å². The van der Waals surface area contributed by atoms with Gasteiger partial charge in [-0.3, -0.25) is 4.79 Å². The highest BCUT2D eigenvalue weighted by molar-refractivity contribution is 5.38. The first-order valence-electron chi connectivity index (χ1n) is 4.94. The molecule has 0 aromatic carbocycles. The highest BCUT2D eigenvalue weighted by Crippen LogP contribution is 2.05. The first kappa shape index (κ1) is 12.4. The van der Waals surface area contributed by atoms with Crippen LogP contribution in [0.2, 0.25) is 0 Å². The molecular weight excluding hydrogens is 166 g/mol. The lowest BCUT2D eigenvalue weighted by Gasteiger charge is -2.22. The quantitative estimate of drug-likeness (QED) is 0.464. The summed E-state index contributed by atoms with van der Waals surface area (Å²) in [6.45, 7) is 8.20. The maximum atomic E-state index is 10.1. The summed E-state index contributed by atoms with van der Waals surface area (Å²) >= 11 is 0. The van der Waals surface area contributed by atoms with Crippen LogP contribution in [0.4, 0.5) is 0 Å². The van der Waals surface area contributed by atoms with Crippen molar-refractivity contribution in [1.29, 1.82) is 0 Å². The molecule has 1 N–H and O–H groups in total. The van der Waals surface area contributed by atoms with Crippen LogP contribution in [0, 0.1) is 0 Å². The van der Waals surface area contributed by atoms with Gasteiger partial charge in [-0.1, -0.05) is 19.8 Å². The molecule has 0 fully saturated rings. The number of carbonyl (C=O) groups excluding carboxylic acids is 1. The molecule has 0 radical (unpaired) electrons. The molecule has 0 heterocycles. The number of carbonyl (C=O) groups is 1. The molecule has 0 bridgehead atoms. The van der Waals surface area contributed by atoms with Crippen molar-refractivity contribution in [2.75, 3.05) is 13.1 Å². The summed E-state index contributed by atoms with van der Waals surface area (Å²) < 4.78 is 4.89. The zero-order valence-corrected chi connectivity index (χ0v) is 8.93. The van der Waals surface area contributed by atoms with Crippen molar-refractivity contribution < 1.29 is 9.53 Å². The summed E-state index contributed by atoms with van der Waals surface area (Å²) in [5.74, 6) is 0. The van der Waals surface area contributed by atoms with Gasteiger partial charge in [-0.05, 0) is 26.8 Å². The Bertz CT molecular complexity index is 135. The number of hydrogen-bond donors (Lipinski definition) is 1. The average molecular weight is 187 g/mol. The van der Waals surface area contributed by atoms with Gasteiger partial charge in [0.2, 0.25) is 0 Å². The highest BCUT2D eigenvalue weighted by Gasteiger charge is 2.17. The highest BCUT2D eigenvalue weighted by atomic mass is 16.5. The first-order valence-corrected chi connectivity index (χ1v) is 4.94. The second kappa shape index (κ2) is 6.89. The van der Waals surface area contributed by atoms with Crippen molar-refractivity contribution in [3.63, 3.8) is 0 Å². The Morgan fingerprint density at radius 3 is 2.62 bits per heavy atom. The molecule has 0 saturated heterocycles. The monoisotopic (exact) mass is 187 g/mol. The van der Waals surface area contributed by atoms with E-state index in [-0.39, 0.29) is 5.60 Å². The van der Waals surface area contributed by atoms with Crippen LogP contribution in [0.1, 0.15) is 40.0 Å².